The molecule has 1 unspecified atom stereocenters. The molecule has 0 saturated carbocycles. The van der Waals surface area contributed by atoms with Crippen LogP contribution in [0.25, 0.3) is 0 Å². The molecule has 2 aromatic rings. The van der Waals surface area contributed by atoms with Gasteiger partial charge in [0.15, 0.2) is 6.10 Å². The normalized spacial score (nSPS) is 19.2. The van der Waals surface area contributed by atoms with E-state index in [9.17, 15) is 9.59 Å². The third-order valence-electron chi connectivity index (χ3n) is 6.24. The van der Waals surface area contributed by atoms with Crippen molar-refractivity contribution >= 4 is 17.5 Å². The average Bonchev–Trinajstić information content (AvgIpc) is 2.82. The zero-order valence-electron chi connectivity index (χ0n) is 18.8. The summed E-state index contributed by atoms with van der Waals surface area (Å²) in [5.74, 6) is 1.64. The van der Waals surface area contributed by atoms with Crippen LogP contribution in [0.15, 0.2) is 48.5 Å². The molecular formula is C25H31N3O4. The molecule has 2 heterocycles. The SMILES string of the molecule is COc1ccc(CN2CCC(CNC(=O)CN3C(=O)C(C)Oc4ccccc43)CC2)cc1. The van der Waals surface area contributed by atoms with Crippen LogP contribution in [0.5, 0.6) is 11.5 Å². The highest BCUT2D eigenvalue weighted by atomic mass is 16.5. The highest BCUT2D eigenvalue weighted by Crippen LogP contribution is 2.33. The molecule has 2 aliphatic heterocycles. The number of carbonyl (C=O) groups is 2. The summed E-state index contributed by atoms with van der Waals surface area (Å²) in [7, 11) is 1.68. The molecule has 7 heteroatoms. The van der Waals surface area contributed by atoms with Gasteiger partial charge in [-0.15, -0.1) is 0 Å². The Morgan fingerprint density at radius 1 is 1.12 bits per heavy atom. The van der Waals surface area contributed by atoms with Crippen molar-refractivity contribution in [1.82, 2.24) is 10.2 Å². The molecule has 1 N–H and O–H groups in total. The molecule has 1 atom stereocenters. The summed E-state index contributed by atoms with van der Waals surface area (Å²) < 4.78 is 10.9. The largest absolute Gasteiger partial charge is 0.497 e. The fourth-order valence-electron chi connectivity index (χ4n) is 4.32. The van der Waals surface area contributed by atoms with E-state index in [4.69, 9.17) is 9.47 Å². The first kappa shape index (κ1) is 22.1. The first-order chi connectivity index (χ1) is 15.5. The molecule has 2 aromatic carbocycles. The number of fused-ring (bicyclic) bond motifs is 1. The van der Waals surface area contributed by atoms with Crippen LogP contribution in [0.2, 0.25) is 0 Å². The molecule has 1 saturated heterocycles. The standard InChI is InChI=1S/C25H31N3O4/c1-18-25(30)28(22-5-3-4-6-23(22)32-18)17-24(29)26-15-19-11-13-27(14-12-19)16-20-7-9-21(31-2)10-8-20/h3-10,18-19H,11-17H2,1-2H3,(H,26,29). The fourth-order valence-corrected chi connectivity index (χ4v) is 4.32. The van der Waals surface area contributed by atoms with Crippen LogP contribution in [-0.2, 0) is 16.1 Å². The molecule has 1 fully saturated rings. The number of benzene rings is 2. The lowest BCUT2D eigenvalue weighted by Crippen LogP contribution is -2.49. The first-order valence-electron chi connectivity index (χ1n) is 11.2. The Bertz CT molecular complexity index is 938. The number of nitrogens with zero attached hydrogens (tertiary/aromatic N) is 2. The smallest absolute Gasteiger partial charge is 0.268 e. The minimum atomic E-state index is -0.590. The van der Waals surface area contributed by atoms with Gasteiger partial charge in [-0.05, 0) is 68.6 Å². The van der Waals surface area contributed by atoms with Crippen molar-refractivity contribution in [2.24, 2.45) is 5.92 Å². The summed E-state index contributed by atoms with van der Waals surface area (Å²) >= 11 is 0. The molecule has 170 valence electrons. The Morgan fingerprint density at radius 2 is 1.84 bits per heavy atom. The molecule has 0 spiro atoms. The van der Waals surface area contributed by atoms with Gasteiger partial charge in [0.05, 0.1) is 12.8 Å². The van der Waals surface area contributed by atoms with Crippen molar-refractivity contribution in [3.8, 4) is 11.5 Å². The molecule has 7 nitrogen and oxygen atoms in total. The van der Waals surface area contributed by atoms with E-state index in [-0.39, 0.29) is 18.4 Å². The number of ether oxygens (including phenoxy) is 2. The van der Waals surface area contributed by atoms with Gasteiger partial charge in [-0.3, -0.25) is 19.4 Å². The second kappa shape index (κ2) is 10.0. The summed E-state index contributed by atoms with van der Waals surface area (Å²) in [6, 6.07) is 15.5. The molecule has 2 aliphatic rings. The molecule has 32 heavy (non-hydrogen) atoms. The number of amides is 2. The number of hydrogen-bond donors (Lipinski definition) is 1. The van der Waals surface area contributed by atoms with Crippen molar-refractivity contribution in [3.63, 3.8) is 0 Å². The van der Waals surface area contributed by atoms with Gasteiger partial charge in [0.1, 0.15) is 18.0 Å². The maximum Gasteiger partial charge on any atom is 0.268 e. The number of para-hydroxylation sites is 2. The quantitative estimate of drug-likeness (QED) is 0.721. The Balaban J connectivity index is 1.23. The maximum absolute atomic E-state index is 12.6. The molecular weight excluding hydrogens is 406 g/mol. The predicted molar refractivity (Wildman–Crippen MR) is 123 cm³/mol. The molecule has 4 rings (SSSR count). The van der Waals surface area contributed by atoms with E-state index in [1.165, 1.54) is 10.5 Å². The van der Waals surface area contributed by atoms with Crippen LogP contribution < -0.4 is 19.7 Å². The fraction of sp³-hybridized carbons (Fsp3) is 0.440. The van der Waals surface area contributed by atoms with Gasteiger partial charge < -0.3 is 14.8 Å². The van der Waals surface area contributed by atoms with E-state index in [1.54, 1.807) is 14.0 Å². The number of rotatable bonds is 7. The van der Waals surface area contributed by atoms with E-state index < -0.39 is 6.10 Å². The topological polar surface area (TPSA) is 71.1 Å². The van der Waals surface area contributed by atoms with Gasteiger partial charge >= 0.3 is 0 Å². The Morgan fingerprint density at radius 3 is 2.56 bits per heavy atom. The van der Waals surface area contributed by atoms with Crippen LogP contribution in [0.3, 0.4) is 0 Å². The molecule has 0 aliphatic carbocycles. The van der Waals surface area contributed by atoms with Crippen LogP contribution >= 0.6 is 0 Å². The summed E-state index contributed by atoms with van der Waals surface area (Å²) in [5.41, 5.74) is 1.93. The minimum absolute atomic E-state index is 0.0138. The number of piperidine rings is 1. The van der Waals surface area contributed by atoms with Gasteiger partial charge in [-0.25, -0.2) is 0 Å². The van der Waals surface area contributed by atoms with Gasteiger partial charge in [0.2, 0.25) is 5.91 Å². The second-order valence-corrected chi connectivity index (χ2v) is 8.52. The molecule has 0 radical (unpaired) electrons. The maximum atomic E-state index is 12.6. The zero-order valence-corrected chi connectivity index (χ0v) is 18.8. The lowest BCUT2D eigenvalue weighted by atomic mass is 9.96. The summed E-state index contributed by atoms with van der Waals surface area (Å²) in [6.07, 6.45) is 1.51. The zero-order chi connectivity index (χ0) is 22.5. The first-order valence-corrected chi connectivity index (χ1v) is 11.2. The van der Waals surface area contributed by atoms with Crippen molar-refractivity contribution in [1.29, 1.82) is 0 Å². The summed E-state index contributed by atoms with van der Waals surface area (Å²) in [4.78, 5) is 29.1. The number of nitrogens with one attached hydrogen (secondary N) is 1. The van der Waals surface area contributed by atoms with E-state index in [1.807, 2.05) is 36.4 Å². The van der Waals surface area contributed by atoms with E-state index >= 15 is 0 Å². The molecule has 2 amide bonds. The van der Waals surface area contributed by atoms with Crippen molar-refractivity contribution in [2.75, 3.05) is 38.2 Å². The number of methoxy groups -OCH3 is 1. The average molecular weight is 438 g/mol. The number of carbonyl (C=O) groups excluding carboxylic acids is 2. The molecule has 0 aromatic heterocycles. The Kier molecular flexibility index (Phi) is 6.95. The van der Waals surface area contributed by atoms with Crippen LogP contribution in [0.1, 0.15) is 25.3 Å². The number of hydrogen-bond acceptors (Lipinski definition) is 5. The van der Waals surface area contributed by atoms with E-state index in [0.717, 1.165) is 38.2 Å². The van der Waals surface area contributed by atoms with Gasteiger partial charge in [-0.2, -0.15) is 0 Å². The monoisotopic (exact) mass is 437 g/mol. The lowest BCUT2D eigenvalue weighted by Gasteiger charge is -2.33. The Labute approximate surface area is 189 Å². The van der Waals surface area contributed by atoms with E-state index in [2.05, 4.69) is 22.3 Å². The summed E-state index contributed by atoms with van der Waals surface area (Å²) in [5, 5.41) is 3.04. The minimum Gasteiger partial charge on any atom is -0.497 e. The van der Waals surface area contributed by atoms with Crippen molar-refractivity contribution < 1.29 is 19.1 Å². The third kappa shape index (κ3) is 5.22. The predicted octanol–water partition coefficient (Wildman–Crippen LogP) is 2.84. The van der Waals surface area contributed by atoms with Gasteiger partial charge in [0.25, 0.3) is 5.91 Å². The van der Waals surface area contributed by atoms with Gasteiger partial charge in [0, 0.05) is 13.1 Å². The number of likely N-dealkylation sites (tertiary alicyclic amines) is 1. The van der Waals surface area contributed by atoms with Crippen LogP contribution in [0.4, 0.5) is 5.69 Å². The lowest BCUT2D eigenvalue weighted by molar-refractivity contribution is -0.128. The van der Waals surface area contributed by atoms with Gasteiger partial charge in [-0.1, -0.05) is 24.3 Å². The van der Waals surface area contributed by atoms with Crippen LogP contribution in [0, 0.1) is 5.92 Å². The highest BCUT2D eigenvalue weighted by Gasteiger charge is 2.32. The van der Waals surface area contributed by atoms with Crippen molar-refractivity contribution in [2.45, 2.75) is 32.4 Å². The van der Waals surface area contributed by atoms with Crippen LogP contribution in [-0.4, -0.2) is 56.1 Å². The number of anilines is 1. The van der Waals surface area contributed by atoms with E-state index in [0.29, 0.717) is 23.9 Å². The second-order valence-electron chi connectivity index (χ2n) is 8.52. The summed E-state index contributed by atoms with van der Waals surface area (Å²) in [6.45, 7) is 5.33. The third-order valence-corrected chi connectivity index (χ3v) is 6.24. The molecule has 0 bridgehead atoms. The van der Waals surface area contributed by atoms with Crippen molar-refractivity contribution in [3.05, 3.63) is 54.1 Å². The Hall–Kier alpha value is -3.06. The highest BCUT2D eigenvalue weighted by molar-refractivity contribution is 6.03.